The number of amides is 2. The van der Waals surface area contributed by atoms with Crippen molar-refractivity contribution in [2.24, 2.45) is 5.92 Å². The van der Waals surface area contributed by atoms with E-state index in [4.69, 9.17) is 5.10 Å². The van der Waals surface area contributed by atoms with Crippen molar-refractivity contribution in [1.82, 2.24) is 24.9 Å². The normalized spacial score (nSPS) is 21.5. The van der Waals surface area contributed by atoms with Gasteiger partial charge in [0.05, 0.1) is 24.0 Å². The standard InChI is InChI=1S/C32H43N5O3.2ClH/c1-5-6-18-36-30(39)28(29(38)25-10-8-7-9-11-25)33-31(40)32(36)16-19-35(20-17-32)21-27-23(3)34-37(24(27)4)26-14-12-22(2)13-15-26;;/h12-15,25,28-29,38H,7-11,16-21H2,1-4H3,(H,33,40);2*1H/t28-,29-;;/m1../s1. The van der Waals surface area contributed by atoms with E-state index in [1.165, 1.54) is 11.1 Å². The molecule has 42 heavy (non-hydrogen) atoms. The number of aromatic nitrogens is 2. The molecule has 8 nitrogen and oxygen atoms in total. The van der Waals surface area contributed by atoms with Crippen LogP contribution in [0, 0.1) is 38.5 Å². The molecule has 230 valence electrons. The molecule has 1 saturated carbocycles. The molecule has 2 saturated heterocycles. The molecule has 2 N–H and O–H groups in total. The largest absolute Gasteiger partial charge is 0.390 e. The van der Waals surface area contributed by atoms with E-state index in [1.54, 1.807) is 11.8 Å². The SMILES string of the molecule is CC#CCN1C(=O)[C@@H]([C@H](O)C2CCCCC2)NC(=O)C12CCN(Cc1c(C)nn(-c3ccc(C)cc3)c1C)CC2.Cl.Cl. The number of piperidine rings is 1. The predicted octanol–water partition coefficient (Wildman–Crippen LogP) is 4.27. The molecular formula is C32H45Cl2N5O3. The number of nitrogens with one attached hydrogen (secondary N) is 1. The van der Waals surface area contributed by atoms with E-state index in [-0.39, 0.29) is 49.1 Å². The van der Waals surface area contributed by atoms with E-state index >= 15 is 0 Å². The molecule has 1 aliphatic carbocycles. The summed E-state index contributed by atoms with van der Waals surface area (Å²) < 4.78 is 2.01. The summed E-state index contributed by atoms with van der Waals surface area (Å²) >= 11 is 0. The zero-order chi connectivity index (χ0) is 28.4. The van der Waals surface area contributed by atoms with Crippen molar-refractivity contribution in [3.63, 3.8) is 0 Å². The van der Waals surface area contributed by atoms with Gasteiger partial charge < -0.3 is 15.3 Å². The van der Waals surface area contributed by atoms with Crippen LogP contribution in [0.5, 0.6) is 0 Å². The van der Waals surface area contributed by atoms with Gasteiger partial charge in [-0.1, -0.05) is 42.9 Å². The lowest BCUT2D eigenvalue weighted by molar-refractivity contribution is -0.164. The Labute approximate surface area is 262 Å². The summed E-state index contributed by atoms with van der Waals surface area (Å²) in [6.45, 7) is 10.3. The van der Waals surface area contributed by atoms with Crippen molar-refractivity contribution in [2.45, 2.75) is 96.9 Å². The van der Waals surface area contributed by atoms with Crippen LogP contribution in [0.2, 0.25) is 0 Å². The maximum atomic E-state index is 13.8. The molecule has 0 radical (unpaired) electrons. The van der Waals surface area contributed by atoms with Gasteiger partial charge in [-0.25, -0.2) is 4.68 Å². The number of carbonyl (C=O) groups is 2. The summed E-state index contributed by atoms with van der Waals surface area (Å²) in [7, 11) is 0. The smallest absolute Gasteiger partial charge is 0.249 e. The van der Waals surface area contributed by atoms with Crippen LogP contribution < -0.4 is 5.32 Å². The zero-order valence-corrected chi connectivity index (χ0v) is 26.8. The van der Waals surface area contributed by atoms with Crippen LogP contribution in [-0.4, -0.2) is 73.8 Å². The van der Waals surface area contributed by atoms with Crippen molar-refractivity contribution in [2.75, 3.05) is 19.6 Å². The van der Waals surface area contributed by atoms with Gasteiger partial charge in [-0.2, -0.15) is 5.10 Å². The van der Waals surface area contributed by atoms with Gasteiger partial charge in [-0.05, 0) is 71.4 Å². The first-order valence-corrected chi connectivity index (χ1v) is 14.8. The number of hydrogen-bond acceptors (Lipinski definition) is 5. The quantitative estimate of drug-likeness (QED) is 0.473. The average molecular weight is 619 g/mol. The Morgan fingerprint density at radius 3 is 2.31 bits per heavy atom. The number of benzene rings is 1. The molecule has 1 spiro atoms. The Morgan fingerprint density at radius 2 is 1.69 bits per heavy atom. The average Bonchev–Trinajstić information content (AvgIpc) is 3.25. The summed E-state index contributed by atoms with van der Waals surface area (Å²) in [6.07, 6.45) is 5.29. The van der Waals surface area contributed by atoms with E-state index in [9.17, 15) is 14.7 Å². The second kappa shape index (κ2) is 14.3. The Morgan fingerprint density at radius 1 is 1.05 bits per heavy atom. The second-order valence-corrected chi connectivity index (χ2v) is 11.9. The van der Waals surface area contributed by atoms with Gasteiger partial charge in [0.25, 0.3) is 0 Å². The lowest BCUT2D eigenvalue weighted by Gasteiger charge is -2.52. The van der Waals surface area contributed by atoms with Crippen LogP contribution in [0.1, 0.15) is 74.4 Å². The molecule has 2 aromatic rings. The summed E-state index contributed by atoms with van der Waals surface area (Å²) in [6, 6.07) is 7.48. The van der Waals surface area contributed by atoms with Gasteiger partial charge >= 0.3 is 0 Å². The molecule has 3 heterocycles. The monoisotopic (exact) mass is 617 g/mol. The lowest BCUT2D eigenvalue weighted by atomic mass is 9.78. The number of nitrogens with zero attached hydrogens (tertiary/aromatic N) is 4. The lowest BCUT2D eigenvalue weighted by Crippen LogP contribution is -2.75. The summed E-state index contributed by atoms with van der Waals surface area (Å²) in [5, 5.41) is 19.0. The third kappa shape index (κ3) is 6.50. The summed E-state index contributed by atoms with van der Waals surface area (Å²) in [5.41, 5.74) is 4.65. The van der Waals surface area contributed by atoms with Crippen LogP contribution >= 0.6 is 24.8 Å². The number of aliphatic hydroxyl groups excluding tert-OH is 1. The Hall–Kier alpha value is -2.57. The molecule has 3 fully saturated rings. The molecule has 10 heteroatoms. The summed E-state index contributed by atoms with van der Waals surface area (Å²) in [4.78, 5) is 31.6. The molecule has 1 aromatic heterocycles. The third-order valence-electron chi connectivity index (χ3n) is 9.43. The maximum absolute atomic E-state index is 13.8. The number of halogens is 2. The molecule has 1 aromatic carbocycles. The minimum atomic E-state index is -0.934. The topological polar surface area (TPSA) is 90.7 Å². The minimum absolute atomic E-state index is 0. The highest BCUT2D eigenvalue weighted by molar-refractivity contribution is 6.00. The second-order valence-electron chi connectivity index (χ2n) is 11.9. The first kappa shape index (κ1) is 33.9. The highest BCUT2D eigenvalue weighted by Gasteiger charge is 2.55. The third-order valence-corrected chi connectivity index (χ3v) is 9.43. The first-order chi connectivity index (χ1) is 19.2. The van der Waals surface area contributed by atoms with Gasteiger partial charge in [0, 0.05) is 30.9 Å². The van der Waals surface area contributed by atoms with Gasteiger partial charge in [0.1, 0.15) is 11.6 Å². The molecular weight excluding hydrogens is 573 g/mol. The van der Waals surface area contributed by atoms with Crippen molar-refractivity contribution < 1.29 is 14.7 Å². The van der Waals surface area contributed by atoms with Crippen LogP contribution in [0.15, 0.2) is 24.3 Å². The first-order valence-electron chi connectivity index (χ1n) is 14.8. The van der Waals surface area contributed by atoms with Gasteiger partial charge in [-0.3, -0.25) is 14.5 Å². The number of likely N-dealkylation sites (tertiary alicyclic amines) is 1. The van der Waals surface area contributed by atoms with E-state index in [0.717, 1.165) is 55.7 Å². The minimum Gasteiger partial charge on any atom is -0.390 e. The number of piperazine rings is 1. The van der Waals surface area contributed by atoms with Crippen molar-refractivity contribution in [1.29, 1.82) is 0 Å². The van der Waals surface area contributed by atoms with E-state index < -0.39 is 17.7 Å². The van der Waals surface area contributed by atoms with E-state index in [2.05, 4.69) is 67.1 Å². The van der Waals surface area contributed by atoms with Crippen molar-refractivity contribution in [3.05, 3.63) is 46.8 Å². The fourth-order valence-electron chi connectivity index (χ4n) is 6.85. The number of hydrogen-bond donors (Lipinski definition) is 2. The number of carbonyl (C=O) groups excluding carboxylic acids is 2. The van der Waals surface area contributed by atoms with Crippen molar-refractivity contribution in [3.8, 4) is 17.5 Å². The number of aliphatic hydroxyl groups is 1. The number of rotatable bonds is 6. The molecule has 5 rings (SSSR count). The maximum Gasteiger partial charge on any atom is 0.249 e. The molecule has 2 amide bonds. The Balaban J connectivity index is 0.00000242. The van der Waals surface area contributed by atoms with Crippen LogP contribution in [0.25, 0.3) is 5.69 Å². The Kier molecular flexibility index (Phi) is 11.5. The number of aryl methyl sites for hydroxylation is 2. The van der Waals surface area contributed by atoms with E-state index in [1.807, 2.05) is 4.68 Å². The molecule has 0 bridgehead atoms. The Bertz CT molecular complexity index is 1300. The fraction of sp³-hybridized carbons (Fsp3) is 0.594. The highest BCUT2D eigenvalue weighted by atomic mass is 35.5. The molecule has 2 atom stereocenters. The van der Waals surface area contributed by atoms with Gasteiger partial charge in [0.15, 0.2) is 0 Å². The molecule has 3 aliphatic rings. The van der Waals surface area contributed by atoms with Crippen LogP contribution in [0.4, 0.5) is 0 Å². The molecule has 0 unspecified atom stereocenters. The van der Waals surface area contributed by atoms with Crippen LogP contribution in [0.3, 0.4) is 0 Å². The zero-order valence-electron chi connectivity index (χ0n) is 25.2. The highest BCUT2D eigenvalue weighted by Crippen LogP contribution is 2.36. The van der Waals surface area contributed by atoms with Crippen molar-refractivity contribution >= 4 is 36.6 Å². The van der Waals surface area contributed by atoms with Crippen LogP contribution in [-0.2, 0) is 16.1 Å². The molecule has 2 aliphatic heterocycles. The van der Waals surface area contributed by atoms with Gasteiger partial charge in [0.2, 0.25) is 11.8 Å². The summed E-state index contributed by atoms with van der Waals surface area (Å²) in [5.74, 6) is 5.63. The predicted molar refractivity (Wildman–Crippen MR) is 169 cm³/mol. The van der Waals surface area contributed by atoms with Gasteiger partial charge in [-0.15, -0.1) is 30.7 Å². The van der Waals surface area contributed by atoms with E-state index in [0.29, 0.717) is 25.9 Å². The fourth-order valence-corrected chi connectivity index (χ4v) is 6.85.